The molecular formula is C16H17N3. The minimum atomic E-state index is 0.907. The SMILES string of the molecule is CCc1cccc(Cc2c[nH]c3c(C)ncnc23)c1. The molecule has 3 aromatic rings. The quantitative estimate of drug-likeness (QED) is 0.775. The van der Waals surface area contributed by atoms with Crippen molar-refractivity contribution in [3.8, 4) is 0 Å². The lowest BCUT2D eigenvalue weighted by Gasteiger charge is -2.03. The van der Waals surface area contributed by atoms with Gasteiger partial charge in [0, 0.05) is 18.2 Å². The van der Waals surface area contributed by atoms with Gasteiger partial charge in [-0.3, -0.25) is 0 Å². The van der Waals surface area contributed by atoms with Crippen LogP contribution >= 0.6 is 0 Å². The Hall–Kier alpha value is -2.16. The molecule has 0 amide bonds. The van der Waals surface area contributed by atoms with Gasteiger partial charge in [0.1, 0.15) is 6.33 Å². The third-order valence-corrected chi connectivity index (χ3v) is 3.53. The lowest BCUT2D eigenvalue weighted by Crippen LogP contribution is -1.91. The zero-order valence-electron chi connectivity index (χ0n) is 11.3. The molecule has 0 spiro atoms. The molecule has 96 valence electrons. The van der Waals surface area contributed by atoms with Crippen molar-refractivity contribution in [1.29, 1.82) is 0 Å². The highest BCUT2D eigenvalue weighted by Crippen LogP contribution is 2.20. The summed E-state index contributed by atoms with van der Waals surface area (Å²) in [6, 6.07) is 8.74. The zero-order chi connectivity index (χ0) is 13.2. The first kappa shape index (κ1) is 11.9. The number of aromatic amines is 1. The summed E-state index contributed by atoms with van der Waals surface area (Å²) < 4.78 is 0. The lowest BCUT2D eigenvalue weighted by atomic mass is 10.0. The van der Waals surface area contributed by atoms with Gasteiger partial charge in [-0.2, -0.15) is 0 Å². The van der Waals surface area contributed by atoms with E-state index in [9.17, 15) is 0 Å². The predicted octanol–water partition coefficient (Wildman–Crippen LogP) is 3.42. The van der Waals surface area contributed by atoms with E-state index in [4.69, 9.17) is 0 Å². The average molecular weight is 251 g/mol. The average Bonchev–Trinajstić information content (AvgIpc) is 2.84. The van der Waals surface area contributed by atoms with Crippen molar-refractivity contribution < 1.29 is 0 Å². The largest absolute Gasteiger partial charge is 0.358 e. The molecule has 0 aliphatic heterocycles. The van der Waals surface area contributed by atoms with Gasteiger partial charge in [-0.25, -0.2) is 9.97 Å². The first-order valence-electron chi connectivity index (χ1n) is 6.63. The van der Waals surface area contributed by atoms with Crippen molar-refractivity contribution in [3.05, 3.63) is 59.2 Å². The van der Waals surface area contributed by atoms with Crippen molar-refractivity contribution in [2.75, 3.05) is 0 Å². The second-order valence-corrected chi connectivity index (χ2v) is 4.85. The summed E-state index contributed by atoms with van der Waals surface area (Å²) in [5.41, 5.74) is 7.02. The number of H-pyrrole nitrogens is 1. The highest BCUT2D eigenvalue weighted by atomic mass is 14.9. The molecule has 0 fully saturated rings. The van der Waals surface area contributed by atoms with Gasteiger partial charge in [-0.15, -0.1) is 0 Å². The fourth-order valence-electron chi connectivity index (χ4n) is 2.43. The van der Waals surface area contributed by atoms with Crippen LogP contribution < -0.4 is 0 Å². The van der Waals surface area contributed by atoms with Crippen molar-refractivity contribution in [3.63, 3.8) is 0 Å². The van der Waals surface area contributed by atoms with Crippen LogP contribution in [0.15, 0.2) is 36.8 Å². The van der Waals surface area contributed by atoms with Crippen molar-refractivity contribution in [2.24, 2.45) is 0 Å². The van der Waals surface area contributed by atoms with Gasteiger partial charge in [0.05, 0.1) is 16.7 Å². The number of hydrogen-bond donors (Lipinski definition) is 1. The van der Waals surface area contributed by atoms with E-state index in [0.29, 0.717) is 0 Å². The van der Waals surface area contributed by atoms with E-state index in [2.05, 4.69) is 46.1 Å². The number of aromatic nitrogens is 3. The third kappa shape index (κ3) is 2.24. The third-order valence-electron chi connectivity index (χ3n) is 3.53. The maximum Gasteiger partial charge on any atom is 0.116 e. The van der Waals surface area contributed by atoms with Crippen molar-refractivity contribution >= 4 is 11.0 Å². The molecule has 0 radical (unpaired) electrons. The highest BCUT2D eigenvalue weighted by Gasteiger charge is 2.08. The molecule has 0 aliphatic rings. The smallest absolute Gasteiger partial charge is 0.116 e. The lowest BCUT2D eigenvalue weighted by molar-refractivity contribution is 1.10. The Bertz CT molecular complexity index is 713. The number of benzene rings is 1. The molecule has 0 saturated carbocycles. The molecule has 3 rings (SSSR count). The normalized spacial score (nSPS) is 11.1. The number of rotatable bonds is 3. The summed E-state index contributed by atoms with van der Waals surface area (Å²) in [6.07, 6.45) is 5.66. The van der Waals surface area contributed by atoms with Crippen molar-refractivity contribution in [1.82, 2.24) is 15.0 Å². The van der Waals surface area contributed by atoms with Crippen LogP contribution in [-0.4, -0.2) is 15.0 Å². The van der Waals surface area contributed by atoms with E-state index < -0.39 is 0 Å². The molecule has 0 bridgehead atoms. The second kappa shape index (κ2) is 4.84. The molecule has 1 aromatic carbocycles. The first-order chi connectivity index (χ1) is 9.28. The minimum absolute atomic E-state index is 0.907. The van der Waals surface area contributed by atoms with E-state index in [-0.39, 0.29) is 0 Å². The predicted molar refractivity (Wildman–Crippen MR) is 77.3 cm³/mol. The highest BCUT2D eigenvalue weighted by molar-refractivity contribution is 5.80. The number of fused-ring (bicyclic) bond motifs is 1. The minimum Gasteiger partial charge on any atom is -0.358 e. The van der Waals surface area contributed by atoms with Crippen LogP contribution in [0.5, 0.6) is 0 Å². The maximum absolute atomic E-state index is 4.40. The number of nitrogens with zero attached hydrogens (tertiary/aromatic N) is 2. The summed E-state index contributed by atoms with van der Waals surface area (Å²) >= 11 is 0. The molecule has 1 N–H and O–H groups in total. The van der Waals surface area contributed by atoms with Crippen LogP contribution in [-0.2, 0) is 12.8 Å². The van der Waals surface area contributed by atoms with E-state index in [0.717, 1.165) is 29.6 Å². The fourth-order valence-corrected chi connectivity index (χ4v) is 2.43. The Morgan fingerprint density at radius 2 is 2.00 bits per heavy atom. The Morgan fingerprint density at radius 3 is 2.84 bits per heavy atom. The first-order valence-corrected chi connectivity index (χ1v) is 6.63. The summed E-state index contributed by atoms with van der Waals surface area (Å²) in [5.74, 6) is 0. The molecule has 3 nitrogen and oxygen atoms in total. The molecule has 0 unspecified atom stereocenters. The zero-order valence-corrected chi connectivity index (χ0v) is 11.3. The van der Waals surface area contributed by atoms with E-state index in [1.807, 2.05) is 13.1 Å². The van der Waals surface area contributed by atoms with Gasteiger partial charge in [-0.1, -0.05) is 31.2 Å². The summed E-state index contributed by atoms with van der Waals surface area (Å²) in [5, 5.41) is 0. The maximum atomic E-state index is 4.40. The summed E-state index contributed by atoms with van der Waals surface area (Å²) in [6.45, 7) is 4.18. The standard InChI is InChI=1S/C16H17N3/c1-3-12-5-4-6-13(7-12)8-14-9-17-15-11(2)18-10-19-16(14)15/h4-7,9-10,17H,3,8H2,1-2H3. The van der Waals surface area contributed by atoms with Crippen LogP contribution in [0.4, 0.5) is 0 Å². The van der Waals surface area contributed by atoms with Crippen LogP contribution in [0, 0.1) is 6.92 Å². The Balaban J connectivity index is 1.99. The van der Waals surface area contributed by atoms with Gasteiger partial charge in [0.2, 0.25) is 0 Å². The number of nitrogens with one attached hydrogen (secondary N) is 1. The van der Waals surface area contributed by atoms with Gasteiger partial charge in [-0.05, 0) is 24.5 Å². The summed E-state index contributed by atoms with van der Waals surface area (Å²) in [7, 11) is 0. The molecule has 0 aliphatic carbocycles. The molecular weight excluding hydrogens is 234 g/mol. The Labute approximate surface area is 112 Å². The Kier molecular flexibility index (Phi) is 3.03. The fraction of sp³-hybridized carbons (Fsp3) is 0.250. The van der Waals surface area contributed by atoms with Crippen LogP contribution in [0.2, 0.25) is 0 Å². The van der Waals surface area contributed by atoms with Crippen LogP contribution in [0.1, 0.15) is 29.3 Å². The van der Waals surface area contributed by atoms with Gasteiger partial charge >= 0.3 is 0 Å². The topological polar surface area (TPSA) is 41.6 Å². The van der Waals surface area contributed by atoms with Crippen LogP contribution in [0.3, 0.4) is 0 Å². The Morgan fingerprint density at radius 1 is 1.16 bits per heavy atom. The van der Waals surface area contributed by atoms with E-state index >= 15 is 0 Å². The molecule has 3 heteroatoms. The molecule has 2 aromatic heterocycles. The molecule has 19 heavy (non-hydrogen) atoms. The van der Waals surface area contributed by atoms with E-state index in [1.54, 1.807) is 6.33 Å². The van der Waals surface area contributed by atoms with Crippen molar-refractivity contribution in [2.45, 2.75) is 26.7 Å². The van der Waals surface area contributed by atoms with E-state index in [1.165, 1.54) is 16.7 Å². The molecule has 0 saturated heterocycles. The number of hydrogen-bond acceptors (Lipinski definition) is 2. The van der Waals surface area contributed by atoms with Gasteiger partial charge in [0.25, 0.3) is 0 Å². The summed E-state index contributed by atoms with van der Waals surface area (Å²) in [4.78, 5) is 11.9. The molecule has 2 heterocycles. The number of aryl methyl sites for hydroxylation is 2. The monoisotopic (exact) mass is 251 g/mol. The molecule has 0 atom stereocenters. The van der Waals surface area contributed by atoms with Crippen LogP contribution in [0.25, 0.3) is 11.0 Å². The van der Waals surface area contributed by atoms with Gasteiger partial charge < -0.3 is 4.98 Å². The second-order valence-electron chi connectivity index (χ2n) is 4.85. The van der Waals surface area contributed by atoms with Gasteiger partial charge in [0.15, 0.2) is 0 Å².